The molecule has 0 fully saturated rings. The monoisotopic (exact) mass is 135 g/mol. The molecule has 7 heavy (non-hydrogen) atoms. The van der Waals surface area contributed by atoms with Crippen LogP contribution in [0.5, 0.6) is 0 Å². The molecule has 0 atom stereocenters. The first-order chi connectivity index (χ1) is 2.27. The van der Waals surface area contributed by atoms with E-state index in [0.29, 0.717) is 0 Å². The van der Waals surface area contributed by atoms with Gasteiger partial charge in [-0.25, -0.2) is 0 Å². The Morgan fingerprint density at radius 3 is 1.71 bits per heavy atom. The van der Waals surface area contributed by atoms with E-state index in [1.54, 1.807) is 14.1 Å². The summed E-state index contributed by atoms with van der Waals surface area (Å²) in [6, 6.07) is 0. The van der Waals surface area contributed by atoms with Gasteiger partial charge in [0.1, 0.15) is 0 Å². The first-order valence-electron chi connectivity index (χ1n) is 1.39. The molecule has 0 aliphatic heterocycles. The van der Waals surface area contributed by atoms with E-state index in [2.05, 4.69) is 0 Å². The van der Waals surface area contributed by atoms with Gasteiger partial charge in [0.25, 0.3) is 0 Å². The second kappa shape index (κ2) is 9.73. The first kappa shape index (κ1) is 15.6. The summed E-state index contributed by atoms with van der Waals surface area (Å²) in [6.07, 6.45) is 0.750. The molecule has 0 spiro atoms. The van der Waals surface area contributed by atoms with Gasteiger partial charge in [0.15, 0.2) is 0 Å². The zero-order valence-corrected chi connectivity index (χ0v) is 6.78. The zero-order chi connectivity index (χ0) is 4.28. The molecule has 0 aromatic heterocycles. The summed E-state index contributed by atoms with van der Waals surface area (Å²) >= 11 is 0. The second-order valence-corrected chi connectivity index (χ2v) is 1.07. The minimum atomic E-state index is 0. The largest absolute Gasteiger partial charge is 2.00 e. The van der Waals surface area contributed by atoms with Crippen LogP contribution in [0.4, 0.5) is 0 Å². The third-order valence-electron chi connectivity index (χ3n) is 0.211. The first-order valence-corrected chi connectivity index (χ1v) is 1.39. The van der Waals surface area contributed by atoms with Crippen LogP contribution in [-0.2, 0) is 4.79 Å². The zero-order valence-electron chi connectivity index (χ0n) is 6.55. The van der Waals surface area contributed by atoms with Crippen molar-refractivity contribution in [2.24, 2.45) is 0 Å². The van der Waals surface area contributed by atoms with Gasteiger partial charge in [-0.05, 0) is 0 Å². The predicted molar refractivity (Wildman–Crippen MR) is 35.0 cm³/mol. The summed E-state index contributed by atoms with van der Waals surface area (Å²) in [7, 11) is 3.38. The molecule has 0 unspecified atom stereocenters. The molecule has 0 heterocycles. The smallest absolute Gasteiger partial charge is 1.00 e. The molecule has 0 saturated heterocycles. The van der Waals surface area contributed by atoms with Crippen molar-refractivity contribution in [1.82, 2.24) is 4.90 Å². The molecule has 42 valence electrons. The van der Waals surface area contributed by atoms with Crippen LogP contribution < -0.4 is 0 Å². The maximum Gasteiger partial charge on any atom is 2.00 e. The molecule has 0 aromatic rings. The molecule has 1 amide bonds. The van der Waals surface area contributed by atoms with Crippen molar-refractivity contribution in [2.75, 3.05) is 14.1 Å². The van der Waals surface area contributed by atoms with Crippen LogP contribution in [0.3, 0.4) is 0 Å². The SMILES string of the molecule is CN(C)C=O.Cl.[H-].[H-].[Mg+2]. The number of hydrogen-bond acceptors (Lipinski definition) is 1. The molecular formula is C3H10ClMgNO. The Bertz CT molecular complexity index is 48.8. The van der Waals surface area contributed by atoms with E-state index in [-0.39, 0.29) is 38.3 Å². The third kappa shape index (κ3) is 21.0. The van der Waals surface area contributed by atoms with E-state index >= 15 is 0 Å². The maximum atomic E-state index is 9.43. The Morgan fingerprint density at radius 2 is 1.71 bits per heavy atom. The van der Waals surface area contributed by atoms with Crippen LogP contribution in [0, 0.1) is 0 Å². The van der Waals surface area contributed by atoms with E-state index in [9.17, 15) is 4.79 Å². The summed E-state index contributed by atoms with van der Waals surface area (Å²) in [5.41, 5.74) is 0. The van der Waals surface area contributed by atoms with Crippen LogP contribution in [0.1, 0.15) is 2.85 Å². The molecule has 4 heteroatoms. The molecule has 0 aliphatic carbocycles. The van der Waals surface area contributed by atoms with Gasteiger partial charge in [-0.1, -0.05) is 0 Å². The van der Waals surface area contributed by atoms with Crippen molar-refractivity contribution < 1.29 is 7.65 Å². The number of carbonyl (C=O) groups is 1. The predicted octanol–water partition coefficient (Wildman–Crippen LogP) is -0.0296. The Hall–Kier alpha value is 0.526. The topological polar surface area (TPSA) is 20.3 Å². The van der Waals surface area contributed by atoms with Crippen LogP contribution in [0.15, 0.2) is 0 Å². The summed E-state index contributed by atoms with van der Waals surface area (Å²) in [4.78, 5) is 10.9. The van der Waals surface area contributed by atoms with Gasteiger partial charge in [-0.15, -0.1) is 12.4 Å². The quantitative estimate of drug-likeness (QED) is 0.366. The average Bonchev–Trinajstić information content (AvgIpc) is 1.38. The van der Waals surface area contributed by atoms with Crippen molar-refractivity contribution in [3.8, 4) is 0 Å². The summed E-state index contributed by atoms with van der Waals surface area (Å²) < 4.78 is 0. The van der Waals surface area contributed by atoms with Crippen LogP contribution in [0.2, 0.25) is 0 Å². The number of halogens is 1. The minimum Gasteiger partial charge on any atom is -1.00 e. The molecule has 0 bridgehead atoms. The minimum absolute atomic E-state index is 0. The van der Waals surface area contributed by atoms with Gasteiger partial charge in [-0.2, -0.15) is 0 Å². The molecule has 0 aliphatic rings. The molecule has 0 saturated carbocycles. The molecular weight excluding hydrogens is 126 g/mol. The number of hydrogen-bond donors (Lipinski definition) is 0. The summed E-state index contributed by atoms with van der Waals surface area (Å²) in [5.74, 6) is 0. The fraction of sp³-hybridized carbons (Fsp3) is 0.667. The molecule has 2 nitrogen and oxygen atoms in total. The number of nitrogens with zero attached hydrogens (tertiary/aromatic N) is 1. The molecule has 0 N–H and O–H groups in total. The Labute approximate surface area is 68.8 Å². The van der Waals surface area contributed by atoms with Crippen molar-refractivity contribution in [3.63, 3.8) is 0 Å². The van der Waals surface area contributed by atoms with E-state index in [1.165, 1.54) is 4.90 Å². The van der Waals surface area contributed by atoms with Gasteiger partial charge < -0.3 is 7.75 Å². The van der Waals surface area contributed by atoms with E-state index in [1.807, 2.05) is 0 Å². The van der Waals surface area contributed by atoms with E-state index in [4.69, 9.17) is 0 Å². The molecule has 0 radical (unpaired) electrons. The standard InChI is InChI=1S/C3H7NO.ClH.Mg.2H/c1-4(2)3-5;;;;/h3H,1-2H3;1H;;;/q;;+2;2*-1. The normalized spacial score (nSPS) is 4.86. The fourth-order valence-corrected chi connectivity index (χ4v) is 0. The fourth-order valence-electron chi connectivity index (χ4n) is 0. The average molecular weight is 136 g/mol. The maximum absolute atomic E-state index is 9.43. The molecule has 0 aromatic carbocycles. The van der Waals surface area contributed by atoms with Crippen molar-refractivity contribution >= 4 is 41.9 Å². The van der Waals surface area contributed by atoms with Gasteiger partial charge in [0.2, 0.25) is 6.41 Å². The van der Waals surface area contributed by atoms with Gasteiger partial charge in [0.05, 0.1) is 0 Å². The van der Waals surface area contributed by atoms with Crippen LogP contribution in [-0.4, -0.2) is 48.5 Å². The van der Waals surface area contributed by atoms with Crippen molar-refractivity contribution in [1.29, 1.82) is 0 Å². The van der Waals surface area contributed by atoms with E-state index in [0.717, 1.165) is 6.41 Å². The molecule has 0 rings (SSSR count). The van der Waals surface area contributed by atoms with Gasteiger partial charge in [0, 0.05) is 14.1 Å². The number of amides is 1. The van der Waals surface area contributed by atoms with E-state index < -0.39 is 0 Å². The van der Waals surface area contributed by atoms with Crippen LogP contribution in [0.25, 0.3) is 0 Å². The third-order valence-corrected chi connectivity index (χ3v) is 0.211. The summed E-state index contributed by atoms with van der Waals surface area (Å²) in [5, 5.41) is 0. The van der Waals surface area contributed by atoms with Gasteiger partial charge in [-0.3, -0.25) is 4.79 Å². The Balaban J connectivity index is -0.0000000133. The Kier molecular flexibility index (Phi) is 21.7. The Morgan fingerprint density at radius 1 is 1.57 bits per heavy atom. The summed E-state index contributed by atoms with van der Waals surface area (Å²) in [6.45, 7) is 0. The van der Waals surface area contributed by atoms with Gasteiger partial charge >= 0.3 is 23.1 Å². The number of carbonyl (C=O) groups excluding carboxylic acids is 1. The van der Waals surface area contributed by atoms with Crippen molar-refractivity contribution in [2.45, 2.75) is 0 Å². The van der Waals surface area contributed by atoms with Crippen molar-refractivity contribution in [3.05, 3.63) is 0 Å². The number of rotatable bonds is 1. The van der Waals surface area contributed by atoms with Crippen LogP contribution >= 0.6 is 12.4 Å². The second-order valence-electron chi connectivity index (χ2n) is 1.07.